The zero-order chi connectivity index (χ0) is 17.2. The molecule has 2 heterocycles. The fraction of sp³-hybridized carbons (Fsp3) is 0.143. The summed E-state index contributed by atoms with van der Waals surface area (Å²) >= 11 is 0. The van der Waals surface area contributed by atoms with Crippen LogP contribution in [0.25, 0.3) is 22.2 Å². The fourth-order valence-corrected chi connectivity index (χ4v) is 3.16. The molecule has 2 aromatic heterocycles. The highest BCUT2D eigenvalue weighted by Gasteiger charge is 2.17. The third kappa shape index (κ3) is 3.04. The number of benzene rings is 2. The van der Waals surface area contributed by atoms with Crippen LogP contribution < -0.4 is 5.73 Å². The van der Waals surface area contributed by atoms with Crippen LogP contribution in [0.2, 0.25) is 0 Å². The Balaban J connectivity index is 1.74. The van der Waals surface area contributed by atoms with E-state index >= 15 is 0 Å². The molecule has 25 heavy (non-hydrogen) atoms. The normalized spacial score (nSPS) is 12.4. The second-order valence-corrected chi connectivity index (χ2v) is 6.20. The van der Waals surface area contributed by atoms with Gasteiger partial charge in [-0.3, -0.25) is 4.98 Å². The van der Waals surface area contributed by atoms with Crippen LogP contribution in [-0.4, -0.2) is 10.1 Å². The highest BCUT2D eigenvalue weighted by molar-refractivity contribution is 5.92. The fourth-order valence-electron chi connectivity index (χ4n) is 3.16. The van der Waals surface area contributed by atoms with Gasteiger partial charge in [-0.25, -0.2) is 0 Å². The van der Waals surface area contributed by atoms with Gasteiger partial charge in [0.25, 0.3) is 0 Å². The zero-order valence-corrected chi connectivity index (χ0v) is 14.0. The Labute approximate surface area is 146 Å². The lowest BCUT2D eigenvalue weighted by Crippen LogP contribution is -2.15. The Kier molecular flexibility index (Phi) is 4.04. The Hall–Kier alpha value is -2.98. The molecule has 0 saturated carbocycles. The summed E-state index contributed by atoms with van der Waals surface area (Å²) < 4.78 is 5.47. The van der Waals surface area contributed by atoms with Gasteiger partial charge in [0.15, 0.2) is 5.58 Å². The summed E-state index contributed by atoms with van der Waals surface area (Å²) in [5.74, 6) is 0. The first-order chi connectivity index (χ1) is 12.2. The maximum Gasteiger partial charge on any atom is 0.167 e. The molecule has 0 bridgehead atoms. The molecule has 124 valence electrons. The summed E-state index contributed by atoms with van der Waals surface area (Å²) in [6, 6.07) is 21.8. The minimum Gasteiger partial charge on any atom is -0.356 e. The van der Waals surface area contributed by atoms with Crippen molar-refractivity contribution in [1.29, 1.82) is 0 Å². The number of fused-ring (bicyclic) bond motifs is 1. The molecule has 2 N–H and O–H groups in total. The molecule has 0 aliphatic heterocycles. The Morgan fingerprint density at radius 2 is 1.76 bits per heavy atom. The van der Waals surface area contributed by atoms with Crippen LogP contribution in [0.4, 0.5) is 0 Å². The summed E-state index contributed by atoms with van der Waals surface area (Å²) in [5.41, 5.74) is 12.2. The summed E-state index contributed by atoms with van der Waals surface area (Å²) in [5, 5.41) is 5.28. The molecule has 0 aliphatic carbocycles. The molecule has 1 unspecified atom stereocenters. The van der Waals surface area contributed by atoms with Crippen LogP contribution >= 0.6 is 0 Å². The van der Waals surface area contributed by atoms with Crippen LogP contribution in [0.15, 0.2) is 71.3 Å². The molecule has 4 heteroatoms. The average molecular weight is 329 g/mol. The molecular formula is C21H19N3O. The summed E-state index contributed by atoms with van der Waals surface area (Å²) in [7, 11) is 0. The second-order valence-electron chi connectivity index (χ2n) is 6.20. The number of nitrogens with zero attached hydrogens (tertiary/aromatic N) is 2. The minimum absolute atomic E-state index is 0.166. The van der Waals surface area contributed by atoms with Crippen LogP contribution in [0.5, 0.6) is 0 Å². The first-order valence-corrected chi connectivity index (χ1v) is 8.34. The molecule has 0 fully saturated rings. The monoisotopic (exact) mass is 329 g/mol. The topological polar surface area (TPSA) is 64.9 Å². The van der Waals surface area contributed by atoms with E-state index in [-0.39, 0.29) is 6.04 Å². The third-order valence-electron chi connectivity index (χ3n) is 4.37. The molecule has 1 atom stereocenters. The molecule has 0 amide bonds. The standard InChI is InChI=1S/C21H19N3O/c1-14-7-6-8-15(23-14)13-19(22)16-9-2-3-10-17(16)21-18-11-4-5-12-20(18)25-24-21/h2-12,19H,13,22H2,1H3. The van der Waals surface area contributed by atoms with E-state index in [4.69, 9.17) is 10.3 Å². The number of aromatic nitrogens is 2. The van der Waals surface area contributed by atoms with E-state index < -0.39 is 0 Å². The molecule has 0 radical (unpaired) electrons. The number of nitrogens with two attached hydrogens (primary N) is 1. The molecular weight excluding hydrogens is 310 g/mol. The highest BCUT2D eigenvalue weighted by atomic mass is 16.5. The van der Waals surface area contributed by atoms with Crippen molar-refractivity contribution in [2.45, 2.75) is 19.4 Å². The van der Waals surface area contributed by atoms with Gasteiger partial charge in [-0.1, -0.05) is 47.6 Å². The lowest BCUT2D eigenvalue weighted by molar-refractivity contribution is 0.459. The molecule has 4 rings (SSSR count). The number of aryl methyl sites for hydroxylation is 1. The lowest BCUT2D eigenvalue weighted by atomic mass is 9.94. The van der Waals surface area contributed by atoms with Gasteiger partial charge in [0.05, 0.1) is 0 Å². The van der Waals surface area contributed by atoms with Crippen molar-refractivity contribution in [3.05, 3.63) is 83.7 Å². The van der Waals surface area contributed by atoms with Crippen LogP contribution in [-0.2, 0) is 6.42 Å². The Bertz CT molecular complexity index is 1020. The molecule has 0 spiro atoms. The number of rotatable bonds is 4. The van der Waals surface area contributed by atoms with Gasteiger partial charge < -0.3 is 10.3 Å². The molecule has 0 aliphatic rings. The largest absolute Gasteiger partial charge is 0.356 e. The molecule has 4 nitrogen and oxygen atoms in total. The van der Waals surface area contributed by atoms with Crippen molar-refractivity contribution in [2.75, 3.05) is 0 Å². The Morgan fingerprint density at radius 1 is 0.960 bits per heavy atom. The van der Waals surface area contributed by atoms with Crippen molar-refractivity contribution in [3.63, 3.8) is 0 Å². The van der Waals surface area contributed by atoms with Crippen molar-refractivity contribution in [3.8, 4) is 11.3 Å². The molecule has 4 aromatic rings. The average Bonchev–Trinajstić information content (AvgIpc) is 3.06. The quantitative estimate of drug-likeness (QED) is 0.601. The van der Waals surface area contributed by atoms with Gasteiger partial charge in [-0.2, -0.15) is 0 Å². The first kappa shape index (κ1) is 15.5. The predicted octanol–water partition coefficient (Wildman–Crippen LogP) is 4.44. The van der Waals surface area contributed by atoms with Crippen molar-refractivity contribution in [2.24, 2.45) is 5.73 Å². The minimum atomic E-state index is -0.166. The highest BCUT2D eigenvalue weighted by Crippen LogP contribution is 2.33. The van der Waals surface area contributed by atoms with E-state index in [9.17, 15) is 0 Å². The van der Waals surface area contributed by atoms with Gasteiger partial charge in [0.2, 0.25) is 0 Å². The van der Waals surface area contributed by atoms with Gasteiger partial charge in [-0.05, 0) is 36.8 Å². The number of para-hydroxylation sites is 1. The summed E-state index contributed by atoms with van der Waals surface area (Å²) in [6.07, 6.45) is 0.675. The second kappa shape index (κ2) is 6.49. The van der Waals surface area contributed by atoms with E-state index in [2.05, 4.69) is 16.2 Å². The van der Waals surface area contributed by atoms with E-state index in [0.717, 1.165) is 39.2 Å². The molecule has 2 aromatic carbocycles. The van der Waals surface area contributed by atoms with Crippen LogP contribution in [0.3, 0.4) is 0 Å². The van der Waals surface area contributed by atoms with E-state index in [1.54, 1.807) is 0 Å². The van der Waals surface area contributed by atoms with Crippen LogP contribution in [0, 0.1) is 6.92 Å². The maximum absolute atomic E-state index is 6.53. The maximum atomic E-state index is 6.53. The van der Waals surface area contributed by atoms with Gasteiger partial charge in [0.1, 0.15) is 5.69 Å². The van der Waals surface area contributed by atoms with E-state index in [1.807, 2.05) is 67.6 Å². The lowest BCUT2D eigenvalue weighted by Gasteiger charge is -2.15. The smallest absolute Gasteiger partial charge is 0.167 e. The third-order valence-corrected chi connectivity index (χ3v) is 4.37. The SMILES string of the molecule is Cc1cccc(CC(N)c2ccccc2-c2noc3ccccc23)n1. The van der Waals surface area contributed by atoms with Gasteiger partial charge in [-0.15, -0.1) is 0 Å². The van der Waals surface area contributed by atoms with Crippen molar-refractivity contribution >= 4 is 11.0 Å². The van der Waals surface area contributed by atoms with Gasteiger partial charge >= 0.3 is 0 Å². The van der Waals surface area contributed by atoms with Crippen molar-refractivity contribution in [1.82, 2.24) is 10.1 Å². The summed E-state index contributed by atoms with van der Waals surface area (Å²) in [4.78, 5) is 4.57. The van der Waals surface area contributed by atoms with E-state index in [0.29, 0.717) is 6.42 Å². The Morgan fingerprint density at radius 3 is 2.64 bits per heavy atom. The zero-order valence-electron chi connectivity index (χ0n) is 14.0. The number of hydrogen-bond donors (Lipinski definition) is 1. The molecule has 0 saturated heterocycles. The number of pyridine rings is 1. The predicted molar refractivity (Wildman–Crippen MR) is 99.1 cm³/mol. The van der Waals surface area contributed by atoms with Crippen LogP contribution in [0.1, 0.15) is 23.0 Å². The first-order valence-electron chi connectivity index (χ1n) is 8.34. The summed E-state index contributed by atoms with van der Waals surface area (Å²) in [6.45, 7) is 1.99. The van der Waals surface area contributed by atoms with Gasteiger partial charge in [0, 0.05) is 34.8 Å². The van der Waals surface area contributed by atoms with Crippen molar-refractivity contribution < 1.29 is 4.52 Å². The van der Waals surface area contributed by atoms with E-state index in [1.165, 1.54) is 0 Å². The number of hydrogen-bond acceptors (Lipinski definition) is 4.